The molecule has 4 rings (SSSR count). The lowest BCUT2D eigenvalue weighted by atomic mass is 9.72. The van der Waals surface area contributed by atoms with Gasteiger partial charge in [0.15, 0.2) is 12.1 Å². The molecule has 3 fully saturated rings. The summed E-state index contributed by atoms with van der Waals surface area (Å²) < 4.78 is 29.2. The molecule has 2 heterocycles. The summed E-state index contributed by atoms with van der Waals surface area (Å²) in [6.45, 7) is 3.74. The molecule has 1 aromatic rings. The molecule has 3 aliphatic rings. The lowest BCUT2D eigenvalue weighted by Gasteiger charge is -2.47. The van der Waals surface area contributed by atoms with E-state index in [9.17, 15) is 4.79 Å². The van der Waals surface area contributed by atoms with E-state index in [0.717, 1.165) is 12.8 Å². The van der Waals surface area contributed by atoms with Crippen LogP contribution in [0.5, 0.6) is 0 Å². The van der Waals surface area contributed by atoms with E-state index in [4.69, 9.17) is 23.7 Å². The molecule has 0 amide bonds. The first-order valence-electron chi connectivity index (χ1n) is 8.27. The zero-order chi connectivity index (χ0) is 16.9. The van der Waals surface area contributed by atoms with Gasteiger partial charge in [0.2, 0.25) is 0 Å². The molecule has 24 heavy (non-hydrogen) atoms. The van der Waals surface area contributed by atoms with Crippen LogP contribution in [0.3, 0.4) is 0 Å². The van der Waals surface area contributed by atoms with Crippen molar-refractivity contribution in [3.63, 3.8) is 0 Å². The van der Waals surface area contributed by atoms with E-state index in [2.05, 4.69) is 0 Å². The first kappa shape index (κ1) is 16.0. The van der Waals surface area contributed by atoms with E-state index in [1.165, 1.54) is 0 Å². The van der Waals surface area contributed by atoms with Crippen molar-refractivity contribution in [1.82, 2.24) is 0 Å². The molecule has 1 aliphatic carbocycles. The van der Waals surface area contributed by atoms with Crippen molar-refractivity contribution in [3.8, 4) is 0 Å². The Morgan fingerprint density at radius 1 is 1.17 bits per heavy atom. The van der Waals surface area contributed by atoms with Crippen LogP contribution < -0.4 is 0 Å². The van der Waals surface area contributed by atoms with Crippen molar-refractivity contribution >= 4 is 5.97 Å². The van der Waals surface area contributed by atoms with Gasteiger partial charge >= 0.3 is 5.97 Å². The number of hydrogen-bond donors (Lipinski definition) is 0. The quantitative estimate of drug-likeness (QED) is 0.790. The van der Waals surface area contributed by atoms with Gasteiger partial charge in [-0.15, -0.1) is 0 Å². The average molecular weight is 334 g/mol. The van der Waals surface area contributed by atoms with Gasteiger partial charge in [-0.25, -0.2) is 4.79 Å². The second-order valence-corrected chi connectivity index (χ2v) is 7.00. The predicted molar refractivity (Wildman–Crippen MR) is 83.3 cm³/mol. The Hall–Kier alpha value is -1.47. The Balaban J connectivity index is 1.54. The summed E-state index contributed by atoms with van der Waals surface area (Å²) in [5.74, 6) is -1.05. The minimum absolute atomic E-state index is 0.306. The highest BCUT2D eigenvalue weighted by molar-refractivity contribution is 5.89. The van der Waals surface area contributed by atoms with Gasteiger partial charge in [-0.3, -0.25) is 0 Å². The number of ether oxygens (including phenoxy) is 5. The van der Waals surface area contributed by atoms with E-state index >= 15 is 0 Å². The fourth-order valence-corrected chi connectivity index (χ4v) is 3.84. The third-order valence-electron chi connectivity index (χ3n) is 5.05. The molecule has 6 heteroatoms. The van der Waals surface area contributed by atoms with E-state index in [1.807, 2.05) is 32.0 Å². The van der Waals surface area contributed by atoms with Crippen molar-refractivity contribution in [1.29, 1.82) is 0 Å². The molecule has 130 valence electrons. The standard InChI is InChI=1S/C18H22O6/c1-17(2)22-13-14(23-17)18(24-16(13)20-3)10-9-12(18)21-15(19)11-7-5-4-6-8-11/h4-8,12-14,16H,9-10H2,1-3H3/t12-,13+,14?,16?,18+/m1/s1. The van der Waals surface area contributed by atoms with Gasteiger partial charge in [0.25, 0.3) is 0 Å². The summed E-state index contributed by atoms with van der Waals surface area (Å²) in [6.07, 6.45) is -0.0178. The Kier molecular flexibility index (Phi) is 3.69. The number of esters is 1. The number of carbonyl (C=O) groups excluding carboxylic acids is 1. The monoisotopic (exact) mass is 334 g/mol. The summed E-state index contributed by atoms with van der Waals surface area (Å²) in [5, 5.41) is 0. The molecule has 1 spiro atoms. The maximum Gasteiger partial charge on any atom is 0.338 e. The van der Waals surface area contributed by atoms with Crippen LogP contribution in [0.25, 0.3) is 0 Å². The number of carbonyl (C=O) groups is 1. The van der Waals surface area contributed by atoms with Crippen molar-refractivity contribution in [2.75, 3.05) is 7.11 Å². The first-order valence-corrected chi connectivity index (χ1v) is 8.27. The number of fused-ring (bicyclic) bond motifs is 2. The summed E-state index contributed by atoms with van der Waals surface area (Å²) in [5.41, 5.74) is -0.162. The van der Waals surface area contributed by atoms with Gasteiger partial charge in [-0.2, -0.15) is 0 Å². The molecule has 6 nitrogen and oxygen atoms in total. The molecule has 1 aromatic carbocycles. The number of rotatable bonds is 3. The Bertz CT molecular complexity index is 630. The molecular weight excluding hydrogens is 312 g/mol. The first-order chi connectivity index (χ1) is 11.5. The molecule has 5 atom stereocenters. The number of methoxy groups -OCH3 is 1. The van der Waals surface area contributed by atoms with Crippen molar-refractivity contribution in [2.24, 2.45) is 0 Å². The third kappa shape index (κ3) is 2.37. The fraction of sp³-hybridized carbons (Fsp3) is 0.611. The largest absolute Gasteiger partial charge is 0.456 e. The molecule has 0 N–H and O–H groups in total. The van der Waals surface area contributed by atoms with Gasteiger partial charge in [0, 0.05) is 7.11 Å². The molecule has 0 bridgehead atoms. The average Bonchev–Trinajstić information content (AvgIpc) is 3.04. The molecule has 2 unspecified atom stereocenters. The maximum atomic E-state index is 12.4. The van der Waals surface area contributed by atoms with Gasteiger partial charge in [0.1, 0.15) is 23.9 Å². The van der Waals surface area contributed by atoms with Crippen molar-refractivity contribution in [3.05, 3.63) is 35.9 Å². The Morgan fingerprint density at radius 3 is 2.54 bits per heavy atom. The second kappa shape index (κ2) is 5.52. The van der Waals surface area contributed by atoms with Crippen LogP contribution in [-0.4, -0.2) is 49.1 Å². The van der Waals surface area contributed by atoms with E-state index in [0.29, 0.717) is 5.56 Å². The summed E-state index contributed by atoms with van der Waals surface area (Å²) in [4.78, 5) is 12.4. The van der Waals surface area contributed by atoms with E-state index < -0.39 is 17.7 Å². The summed E-state index contributed by atoms with van der Waals surface area (Å²) >= 11 is 0. The highest BCUT2D eigenvalue weighted by Gasteiger charge is 2.70. The predicted octanol–water partition coefficient (Wildman–Crippen LogP) is 2.27. The fourth-order valence-electron chi connectivity index (χ4n) is 3.84. The maximum absolute atomic E-state index is 12.4. The molecule has 2 saturated heterocycles. The van der Waals surface area contributed by atoms with Crippen LogP contribution in [-0.2, 0) is 23.7 Å². The Labute approximate surface area is 141 Å². The van der Waals surface area contributed by atoms with Crippen molar-refractivity contribution < 1.29 is 28.5 Å². The minimum atomic E-state index is -0.702. The number of hydrogen-bond acceptors (Lipinski definition) is 6. The van der Waals surface area contributed by atoms with Crippen LogP contribution in [0, 0.1) is 0 Å². The highest BCUT2D eigenvalue weighted by Crippen LogP contribution is 2.54. The van der Waals surface area contributed by atoms with Crippen LogP contribution in [0.4, 0.5) is 0 Å². The van der Waals surface area contributed by atoms with Crippen LogP contribution in [0.2, 0.25) is 0 Å². The van der Waals surface area contributed by atoms with Gasteiger partial charge in [0.05, 0.1) is 5.56 Å². The number of benzene rings is 1. The van der Waals surface area contributed by atoms with E-state index in [-0.39, 0.29) is 24.3 Å². The zero-order valence-electron chi connectivity index (χ0n) is 14.1. The molecular formula is C18H22O6. The van der Waals surface area contributed by atoms with Crippen molar-refractivity contribution in [2.45, 2.75) is 62.7 Å². The molecule has 0 aromatic heterocycles. The normalized spacial score (nSPS) is 39.5. The summed E-state index contributed by atoms with van der Waals surface area (Å²) in [7, 11) is 1.58. The third-order valence-corrected chi connectivity index (χ3v) is 5.05. The lowest BCUT2D eigenvalue weighted by Crippen LogP contribution is -2.61. The molecule has 1 saturated carbocycles. The minimum Gasteiger partial charge on any atom is -0.456 e. The second-order valence-electron chi connectivity index (χ2n) is 7.00. The highest BCUT2D eigenvalue weighted by atomic mass is 16.8. The smallest absolute Gasteiger partial charge is 0.338 e. The molecule has 0 radical (unpaired) electrons. The SMILES string of the molecule is COC1O[C@]2(CC[C@H]2OC(=O)c2ccccc2)C2OC(C)(C)O[C@H]12. The Morgan fingerprint density at radius 2 is 1.92 bits per heavy atom. The van der Waals surface area contributed by atoms with Crippen LogP contribution >= 0.6 is 0 Å². The van der Waals surface area contributed by atoms with Gasteiger partial charge in [-0.05, 0) is 38.8 Å². The molecule has 2 aliphatic heterocycles. The van der Waals surface area contributed by atoms with Crippen LogP contribution in [0.1, 0.15) is 37.0 Å². The van der Waals surface area contributed by atoms with Crippen LogP contribution in [0.15, 0.2) is 30.3 Å². The van der Waals surface area contributed by atoms with Gasteiger partial charge < -0.3 is 23.7 Å². The van der Waals surface area contributed by atoms with E-state index in [1.54, 1.807) is 19.2 Å². The van der Waals surface area contributed by atoms with Gasteiger partial charge in [-0.1, -0.05) is 18.2 Å². The summed E-state index contributed by atoms with van der Waals surface area (Å²) in [6, 6.07) is 8.96. The lowest BCUT2D eigenvalue weighted by molar-refractivity contribution is -0.288. The topological polar surface area (TPSA) is 63.2 Å². The zero-order valence-corrected chi connectivity index (χ0v) is 14.1.